The molecule has 0 aliphatic carbocycles. The summed E-state index contributed by atoms with van der Waals surface area (Å²) >= 11 is 5.43. The van der Waals surface area contributed by atoms with Crippen molar-refractivity contribution in [3.05, 3.63) is 20.3 Å². The van der Waals surface area contributed by atoms with Crippen molar-refractivity contribution in [3.8, 4) is 11.5 Å². The molecule has 0 radical (unpaired) electrons. The van der Waals surface area contributed by atoms with E-state index in [0.717, 1.165) is 23.5 Å². The van der Waals surface area contributed by atoms with E-state index >= 15 is 0 Å². The SMILES string of the molecule is CCN1C(=O)C(=C2Sc3c(O)cc(Br)c(O)c3S2)C(=O)N1CC. The molecule has 23 heavy (non-hydrogen) atoms. The Hall–Kier alpha value is -1.32. The maximum atomic E-state index is 12.5. The van der Waals surface area contributed by atoms with Crippen LogP contribution >= 0.6 is 39.5 Å². The van der Waals surface area contributed by atoms with Crippen LogP contribution in [0.5, 0.6) is 11.5 Å². The molecule has 1 saturated heterocycles. The third-order valence-corrected chi connectivity index (χ3v) is 6.76. The second-order valence-corrected chi connectivity index (χ2v) is 7.95. The highest BCUT2D eigenvalue weighted by Crippen LogP contribution is 2.60. The summed E-state index contributed by atoms with van der Waals surface area (Å²) in [7, 11) is 0. The summed E-state index contributed by atoms with van der Waals surface area (Å²) in [6.07, 6.45) is 0. The van der Waals surface area contributed by atoms with Gasteiger partial charge in [0.25, 0.3) is 11.8 Å². The molecule has 0 aromatic heterocycles. The van der Waals surface area contributed by atoms with Crippen LogP contribution in [0.4, 0.5) is 0 Å². The van der Waals surface area contributed by atoms with Crippen LogP contribution in [-0.2, 0) is 9.59 Å². The number of phenolic OH excluding ortho intramolecular Hbond substituents is 2. The van der Waals surface area contributed by atoms with Gasteiger partial charge >= 0.3 is 0 Å². The number of rotatable bonds is 2. The molecular formula is C14H13BrN2O4S2. The largest absolute Gasteiger partial charge is 0.507 e. The average molecular weight is 417 g/mol. The van der Waals surface area contributed by atoms with Gasteiger partial charge in [-0.05, 0) is 35.8 Å². The number of halogens is 1. The van der Waals surface area contributed by atoms with Crippen molar-refractivity contribution in [2.24, 2.45) is 0 Å². The first kappa shape index (κ1) is 16.5. The Kier molecular flexibility index (Phi) is 4.28. The van der Waals surface area contributed by atoms with Crippen LogP contribution in [0.1, 0.15) is 13.8 Å². The summed E-state index contributed by atoms with van der Waals surface area (Å²) in [4.78, 5) is 26.0. The van der Waals surface area contributed by atoms with Gasteiger partial charge in [0.1, 0.15) is 17.1 Å². The van der Waals surface area contributed by atoms with Crippen molar-refractivity contribution >= 4 is 51.3 Å². The molecule has 122 valence electrons. The van der Waals surface area contributed by atoms with Crippen LogP contribution in [0, 0.1) is 0 Å². The van der Waals surface area contributed by atoms with E-state index < -0.39 is 0 Å². The Labute approximate surface area is 149 Å². The number of hydrogen-bond acceptors (Lipinski definition) is 6. The van der Waals surface area contributed by atoms with Gasteiger partial charge in [0.15, 0.2) is 0 Å². The Balaban J connectivity index is 2.09. The Morgan fingerprint density at radius 1 is 1.04 bits per heavy atom. The van der Waals surface area contributed by atoms with Crippen molar-refractivity contribution in [1.82, 2.24) is 10.0 Å². The minimum Gasteiger partial charge on any atom is -0.507 e. The molecule has 0 unspecified atom stereocenters. The van der Waals surface area contributed by atoms with Gasteiger partial charge < -0.3 is 10.2 Å². The Morgan fingerprint density at radius 2 is 1.57 bits per heavy atom. The van der Waals surface area contributed by atoms with Gasteiger partial charge in [0.2, 0.25) is 0 Å². The van der Waals surface area contributed by atoms with E-state index in [4.69, 9.17) is 0 Å². The highest BCUT2D eigenvalue weighted by atomic mass is 79.9. The normalized spacial score (nSPS) is 17.5. The Morgan fingerprint density at radius 3 is 2.09 bits per heavy atom. The molecule has 1 aromatic carbocycles. The zero-order chi connectivity index (χ0) is 16.9. The van der Waals surface area contributed by atoms with Gasteiger partial charge in [0, 0.05) is 13.1 Å². The first-order valence-electron chi connectivity index (χ1n) is 6.88. The molecule has 1 fully saturated rings. The van der Waals surface area contributed by atoms with Crippen LogP contribution < -0.4 is 0 Å². The minimum absolute atomic E-state index is 0.00429. The van der Waals surface area contributed by atoms with Gasteiger partial charge in [-0.25, -0.2) is 10.0 Å². The van der Waals surface area contributed by atoms with Crippen molar-refractivity contribution in [3.63, 3.8) is 0 Å². The fraction of sp³-hybridized carbons (Fsp3) is 0.286. The number of phenols is 2. The Bertz CT molecular complexity index is 742. The van der Waals surface area contributed by atoms with Gasteiger partial charge in [-0.3, -0.25) is 9.59 Å². The van der Waals surface area contributed by atoms with E-state index in [-0.39, 0.29) is 28.9 Å². The highest BCUT2D eigenvalue weighted by Gasteiger charge is 2.43. The van der Waals surface area contributed by atoms with Crippen LogP contribution in [0.3, 0.4) is 0 Å². The summed E-state index contributed by atoms with van der Waals surface area (Å²) in [5.41, 5.74) is 0.0924. The summed E-state index contributed by atoms with van der Waals surface area (Å²) in [5, 5.41) is 23.0. The van der Waals surface area contributed by atoms with E-state index in [1.54, 1.807) is 13.8 Å². The fourth-order valence-electron chi connectivity index (χ4n) is 2.46. The van der Waals surface area contributed by atoms with Gasteiger partial charge in [-0.15, -0.1) is 0 Å². The lowest BCUT2D eigenvalue weighted by atomic mass is 10.3. The number of hydrazine groups is 1. The second kappa shape index (κ2) is 5.95. The van der Waals surface area contributed by atoms with Crippen LogP contribution in [0.2, 0.25) is 0 Å². The summed E-state index contributed by atoms with van der Waals surface area (Å²) < 4.78 is 0.843. The van der Waals surface area contributed by atoms with E-state index in [0.29, 0.717) is 31.6 Å². The molecule has 3 rings (SSSR count). The van der Waals surface area contributed by atoms with Crippen LogP contribution in [0.25, 0.3) is 0 Å². The molecular weight excluding hydrogens is 404 g/mol. The number of amides is 2. The lowest BCUT2D eigenvalue weighted by molar-refractivity contribution is -0.145. The molecule has 0 atom stereocenters. The second-order valence-electron chi connectivity index (χ2n) is 4.79. The van der Waals surface area contributed by atoms with E-state index in [9.17, 15) is 19.8 Å². The molecule has 2 aliphatic rings. The zero-order valence-corrected chi connectivity index (χ0v) is 15.5. The minimum atomic E-state index is -0.347. The average Bonchev–Trinajstić information content (AvgIpc) is 3.04. The number of fused-ring (bicyclic) bond motifs is 1. The molecule has 6 nitrogen and oxygen atoms in total. The smallest absolute Gasteiger partial charge is 0.279 e. The molecule has 2 amide bonds. The fourth-order valence-corrected chi connectivity index (χ4v) is 5.60. The lowest BCUT2D eigenvalue weighted by Gasteiger charge is -2.24. The molecule has 2 aliphatic heterocycles. The predicted molar refractivity (Wildman–Crippen MR) is 91.0 cm³/mol. The maximum absolute atomic E-state index is 12.5. The number of hydrogen-bond donors (Lipinski definition) is 2. The van der Waals surface area contributed by atoms with Crippen LogP contribution in [0.15, 0.2) is 30.1 Å². The first-order chi connectivity index (χ1) is 10.9. The molecule has 2 heterocycles. The molecule has 2 N–H and O–H groups in total. The number of benzene rings is 1. The molecule has 1 aromatic rings. The topological polar surface area (TPSA) is 81.1 Å². The predicted octanol–water partition coefficient (Wildman–Crippen LogP) is 2.90. The number of thioether (sulfide) groups is 2. The quantitative estimate of drug-likeness (QED) is 0.438. The molecule has 0 bridgehead atoms. The van der Waals surface area contributed by atoms with Gasteiger partial charge in [0.05, 0.1) is 18.5 Å². The number of carbonyl (C=O) groups is 2. The van der Waals surface area contributed by atoms with Crippen LogP contribution in [-0.4, -0.2) is 45.1 Å². The molecule has 0 saturated carbocycles. The van der Waals surface area contributed by atoms with Crippen molar-refractivity contribution in [2.45, 2.75) is 23.6 Å². The van der Waals surface area contributed by atoms with Crippen molar-refractivity contribution in [1.29, 1.82) is 0 Å². The highest BCUT2D eigenvalue weighted by molar-refractivity contribution is 9.10. The van der Waals surface area contributed by atoms with Crippen molar-refractivity contribution < 1.29 is 19.8 Å². The summed E-state index contributed by atoms with van der Waals surface area (Å²) in [6, 6.07) is 1.39. The van der Waals surface area contributed by atoms with E-state index in [1.165, 1.54) is 16.1 Å². The van der Waals surface area contributed by atoms with E-state index in [2.05, 4.69) is 15.9 Å². The standard InChI is InChI=1S/C14H13BrN2O4S2/c1-3-16-12(20)8(13(21)17(16)4-2)14-22-10-7(18)5-6(15)9(19)11(10)23-14/h5,18-19H,3-4H2,1-2H3. The third kappa shape index (κ3) is 2.41. The number of aromatic hydroxyl groups is 2. The maximum Gasteiger partial charge on any atom is 0.279 e. The van der Waals surface area contributed by atoms with Crippen molar-refractivity contribution in [2.75, 3.05) is 13.1 Å². The number of likely N-dealkylation sites (N-methyl/N-ethyl adjacent to an activating group) is 2. The molecule has 9 heteroatoms. The lowest BCUT2D eigenvalue weighted by Crippen LogP contribution is -2.40. The van der Waals surface area contributed by atoms with Gasteiger partial charge in [-0.1, -0.05) is 23.5 Å². The zero-order valence-electron chi connectivity index (χ0n) is 12.3. The van der Waals surface area contributed by atoms with E-state index in [1.807, 2.05) is 0 Å². The summed E-state index contributed by atoms with van der Waals surface area (Å²) in [5.74, 6) is -0.709. The third-order valence-electron chi connectivity index (χ3n) is 3.52. The first-order valence-corrected chi connectivity index (χ1v) is 9.31. The number of nitrogens with zero attached hydrogens (tertiary/aromatic N) is 2. The molecule has 0 spiro atoms. The van der Waals surface area contributed by atoms with Gasteiger partial charge in [-0.2, -0.15) is 0 Å². The summed E-state index contributed by atoms with van der Waals surface area (Å²) in [6.45, 7) is 4.42. The number of carbonyl (C=O) groups excluding carboxylic acids is 2. The monoisotopic (exact) mass is 416 g/mol.